The standard InChI is InChI=1S/C10H19N5/c1-8-4-5-9(14-8)6-15(3)10(11)13-7-12-2/h4-5,12,14H,6-7H2,1-3H3,(H2,11,13). The Morgan fingerprint density at radius 1 is 1.53 bits per heavy atom. The first-order valence-electron chi connectivity index (χ1n) is 4.96. The molecule has 0 atom stereocenters. The Morgan fingerprint density at radius 3 is 2.80 bits per heavy atom. The van der Waals surface area contributed by atoms with Crippen LogP contribution in [0.25, 0.3) is 0 Å². The Bertz CT molecular complexity index is 317. The van der Waals surface area contributed by atoms with Gasteiger partial charge in [0.25, 0.3) is 0 Å². The molecule has 0 unspecified atom stereocenters. The topological polar surface area (TPSA) is 66.9 Å². The van der Waals surface area contributed by atoms with Crippen molar-refractivity contribution in [2.24, 2.45) is 0 Å². The number of hydrogen-bond acceptors (Lipinski definition) is 2. The number of nitrogens with one attached hydrogen (secondary N) is 4. The van der Waals surface area contributed by atoms with Gasteiger partial charge in [-0.2, -0.15) is 0 Å². The molecule has 15 heavy (non-hydrogen) atoms. The van der Waals surface area contributed by atoms with E-state index in [0.717, 1.165) is 11.4 Å². The minimum Gasteiger partial charge on any atom is -0.361 e. The summed E-state index contributed by atoms with van der Waals surface area (Å²) in [6.45, 7) is 3.34. The third-order valence-corrected chi connectivity index (χ3v) is 2.11. The van der Waals surface area contributed by atoms with Gasteiger partial charge < -0.3 is 20.5 Å². The third kappa shape index (κ3) is 3.63. The Kier molecular flexibility index (Phi) is 4.17. The highest BCUT2D eigenvalue weighted by Gasteiger charge is 2.04. The van der Waals surface area contributed by atoms with E-state index in [2.05, 4.69) is 15.6 Å². The lowest BCUT2D eigenvalue weighted by Gasteiger charge is -2.20. The second-order valence-electron chi connectivity index (χ2n) is 3.58. The van der Waals surface area contributed by atoms with Gasteiger partial charge >= 0.3 is 0 Å². The van der Waals surface area contributed by atoms with Gasteiger partial charge in [0.1, 0.15) is 0 Å². The highest BCUT2D eigenvalue weighted by molar-refractivity contribution is 5.76. The normalized spacial score (nSPS) is 10.1. The average molecular weight is 209 g/mol. The van der Waals surface area contributed by atoms with Crippen molar-refractivity contribution in [2.75, 3.05) is 20.8 Å². The number of H-pyrrole nitrogens is 1. The summed E-state index contributed by atoms with van der Waals surface area (Å²) in [5.74, 6) is 0.414. The summed E-state index contributed by atoms with van der Waals surface area (Å²) in [6, 6.07) is 4.07. The summed E-state index contributed by atoms with van der Waals surface area (Å²) in [4.78, 5) is 5.09. The fourth-order valence-corrected chi connectivity index (χ4v) is 1.30. The maximum atomic E-state index is 7.72. The van der Waals surface area contributed by atoms with Crippen LogP contribution in [0, 0.1) is 12.3 Å². The summed E-state index contributed by atoms with van der Waals surface area (Å²) in [5.41, 5.74) is 2.26. The first-order valence-corrected chi connectivity index (χ1v) is 4.96. The van der Waals surface area contributed by atoms with E-state index in [1.54, 1.807) is 0 Å². The zero-order chi connectivity index (χ0) is 11.3. The van der Waals surface area contributed by atoms with Crippen molar-refractivity contribution in [3.05, 3.63) is 23.5 Å². The maximum absolute atomic E-state index is 7.72. The molecule has 84 valence electrons. The number of aromatic amines is 1. The van der Waals surface area contributed by atoms with Crippen LogP contribution >= 0.6 is 0 Å². The van der Waals surface area contributed by atoms with Crippen LogP contribution in [0.5, 0.6) is 0 Å². The predicted molar refractivity (Wildman–Crippen MR) is 61.8 cm³/mol. The van der Waals surface area contributed by atoms with Crippen molar-refractivity contribution >= 4 is 5.96 Å². The van der Waals surface area contributed by atoms with Gasteiger partial charge in [0.05, 0.1) is 13.2 Å². The van der Waals surface area contributed by atoms with Crippen LogP contribution in [0.3, 0.4) is 0 Å². The summed E-state index contributed by atoms with van der Waals surface area (Å²) in [6.07, 6.45) is 0. The number of nitrogens with zero attached hydrogens (tertiary/aromatic N) is 1. The summed E-state index contributed by atoms with van der Waals surface area (Å²) in [5, 5.41) is 13.6. The van der Waals surface area contributed by atoms with Crippen molar-refractivity contribution < 1.29 is 0 Å². The molecule has 0 aliphatic heterocycles. The van der Waals surface area contributed by atoms with Crippen LogP contribution in [0.15, 0.2) is 12.1 Å². The van der Waals surface area contributed by atoms with Crippen molar-refractivity contribution in [1.82, 2.24) is 20.5 Å². The van der Waals surface area contributed by atoms with Crippen molar-refractivity contribution in [3.8, 4) is 0 Å². The Morgan fingerprint density at radius 2 is 2.27 bits per heavy atom. The average Bonchev–Trinajstić information content (AvgIpc) is 2.60. The van der Waals surface area contributed by atoms with Crippen LogP contribution in [-0.2, 0) is 6.54 Å². The molecule has 0 amide bonds. The molecule has 0 fully saturated rings. The summed E-state index contributed by atoms with van der Waals surface area (Å²) >= 11 is 0. The quantitative estimate of drug-likeness (QED) is 0.331. The largest absolute Gasteiger partial charge is 0.361 e. The zero-order valence-electron chi connectivity index (χ0n) is 9.52. The molecule has 1 aromatic heterocycles. The van der Waals surface area contributed by atoms with E-state index < -0.39 is 0 Å². The highest BCUT2D eigenvalue weighted by Crippen LogP contribution is 2.02. The number of aromatic nitrogens is 1. The van der Waals surface area contributed by atoms with Crippen LogP contribution in [0.2, 0.25) is 0 Å². The molecule has 0 bridgehead atoms. The lowest BCUT2D eigenvalue weighted by Crippen LogP contribution is -2.41. The molecule has 1 rings (SSSR count). The van der Waals surface area contributed by atoms with Crippen LogP contribution in [0.1, 0.15) is 11.4 Å². The molecular weight excluding hydrogens is 190 g/mol. The van der Waals surface area contributed by atoms with Gasteiger partial charge in [0, 0.05) is 18.4 Å². The molecular formula is C10H19N5. The van der Waals surface area contributed by atoms with Gasteiger partial charge in [-0.3, -0.25) is 5.41 Å². The number of hydrogen-bond donors (Lipinski definition) is 4. The maximum Gasteiger partial charge on any atom is 0.192 e. The van der Waals surface area contributed by atoms with E-state index in [0.29, 0.717) is 19.2 Å². The molecule has 0 radical (unpaired) electrons. The van der Waals surface area contributed by atoms with Crippen molar-refractivity contribution in [1.29, 1.82) is 5.41 Å². The molecule has 0 spiro atoms. The van der Waals surface area contributed by atoms with Crippen LogP contribution in [-0.4, -0.2) is 36.6 Å². The zero-order valence-corrected chi connectivity index (χ0v) is 9.52. The van der Waals surface area contributed by atoms with Crippen LogP contribution < -0.4 is 10.6 Å². The summed E-state index contributed by atoms with van der Waals surface area (Å²) in [7, 11) is 3.73. The minimum absolute atomic E-state index is 0.414. The fourth-order valence-electron chi connectivity index (χ4n) is 1.30. The molecule has 4 N–H and O–H groups in total. The SMILES string of the molecule is CNCNC(=N)N(C)Cc1ccc(C)[nH]1. The Hall–Kier alpha value is -1.49. The molecule has 0 aliphatic rings. The van der Waals surface area contributed by atoms with Crippen LogP contribution in [0.4, 0.5) is 0 Å². The van der Waals surface area contributed by atoms with Gasteiger partial charge in [-0.15, -0.1) is 0 Å². The Labute approximate surface area is 90.4 Å². The van der Waals surface area contributed by atoms with Gasteiger partial charge in [0.2, 0.25) is 0 Å². The van der Waals surface area contributed by atoms with Gasteiger partial charge in [0.15, 0.2) is 5.96 Å². The van der Waals surface area contributed by atoms with E-state index >= 15 is 0 Å². The molecule has 1 heterocycles. The lowest BCUT2D eigenvalue weighted by atomic mass is 10.4. The molecule has 0 aromatic carbocycles. The van der Waals surface area contributed by atoms with E-state index in [1.807, 2.05) is 38.1 Å². The molecule has 0 saturated carbocycles. The van der Waals surface area contributed by atoms with E-state index in [1.165, 1.54) is 0 Å². The molecule has 1 aromatic rings. The predicted octanol–water partition coefficient (Wildman–Crippen LogP) is 0.456. The molecule has 5 nitrogen and oxygen atoms in total. The molecule has 0 saturated heterocycles. The molecule has 5 heteroatoms. The second-order valence-corrected chi connectivity index (χ2v) is 3.58. The van der Waals surface area contributed by atoms with Gasteiger partial charge in [-0.1, -0.05) is 0 Å². The first kappa shape index (κ1) is 11.6. The number of rotatable bonds is 4. The number of guanidine groups is 1. The van der Waals surface area contributed by atoms with Crippen molar-refractivity contribution in [3.63, 3.8) is 0 Å². The van der Waals surface area contributed by atoms with Gasteiger partial charge in [-0.25, -0.2) is 0 Å². The number of aryl methyl sites for hydroxylation is 1. The second kappa shape index (κ2) is 5.41. The fraction of sp³-hybridized carbons (Fsp3) is 0.500. The van der Waals surface area contributed by atoms with E-state index in [9.17, 15) is 0 Å². The minimum atomic E-state index is 0.414. The smallest absolute Gasteiger partial charge is 0.192 e. The van der Waals surface area contributed by atoms with Gasteiger partial charge in [-0.05, 0) is 26.1 Å². The summed E-state index contributed by atoms with van der Waals surface area (Å²) < 4.78 is 0. The van der Waals surface area contributed by atoms with E-state index in [-0.39, 0.29) is 0 Å². The first-order chi connectivity index (χ1) is 7.13. The third-order valence-electron chi connectivity index (χ3n) is 2.11. The lowest BCUT2D eigenvalue weighted by molar-refractivity contribution is 0.465. The van der Waals surface area contributed by atoms with Crippen molar-refractivity contribution in [2.45, 2.75) is 13.5 Å². The Balaban J connectivity index is 2.41. The molecule has 0 aliphatic carbocycles. The highest BCUT2D eigenvalue weighted by atomic mass is 15.3. The van der Waals surface area contributed by atoms with E-state index in [4.69, 9.17) is 5.41 Å². The monoisotopic (exact) mass is 209 g/mol.